The number of phenols is 1. The van der Waals surface area contributed by atoms with E-state index < -0.39 is 18.8 Å². The number of aromatic nitrogens is 2. The zero-order valence-corrected chi connectivity index (χ0v) is 30.5. The number of alkyl halides is 2. The number of fused-ring (bicyclic) bond motifs is 2. The highest BCUT2D eigenvalue weighted by molar-refractivity contribution is 6.15. The maximum Gasteiger partial charge on any atom is 0.311 e. The molecule has 0 bridgehead atoms. The van der Waals surface area contributed by atoms with E-state index in [4.69, 9.17) is 19.9 Å². The van der Waals surface area contributed by atoms with Crippen molar-refractivity contribution in [1.29, 1.82) is 0 Å². The molecule has 1 saturated heterocycles. The van der Waals surface area contributed by atoms with Crippen molar-refractivity contribution in [3.05, 3.63) is 119 Å². The fraction of sp³-hybridized carbons (Fsp3) is 0.279. The van der Waals surface area contributed by atoms with Crippen LogP contribution >= 0.6 is 0 Å². The van der Waals surface area contributed by atoms with Crippen molar-refractivity contribution in [3.63, 3.8) is 0 Å². The molecule has 0 spiro atoms. The van der Waals surface area contributed by atoms with Crippen LogP contribution in [-0.2, 0) is 11.2 Å². The van der Waals surface area contributed by atoms with Gasteiger partial charge in [0.15, 0.2) is 17.3 Å². The molecule has 2 aliphatic carbocycles. The molecule has 13 heteroatoms. The number of ether oxygens (including phenoxy) is 3. The molecule has 3 atom stereocenters. The smallest absolute Gasteiger partial charge is 0.311 e. The summed E-state index contributed by atoms with van der Waals surface area (Å²) in [7, 11) is 0. The van der Waals surface area contributed by atoms with Crippen molar-refractivity contribution in [3.8, 4) is 34.4 Å². The summed E-state index contributed by atoms with van der Waals surface area (Å²) in [4.78, 5) is 28.7. The zero-order valence-electron chi connectivity index (χ0n) is 30.5. The molecule has 3 aliphatic rings. The number of rotatable bonds is 12. The number of benzene rings is 4. The highest BCUT2D eigenvalue weighted by Gasteiger charge is 2.42. The van der Waals surface area contributed by atoms with Gasteiger partial charge in [-0.1, -0.05) is 12.1 Å². The van der Waals surface area contributed by atoms with Gasteiger partial charge < -0.3 is 30.0 Å². The van der Waals surface area contributed by atoms with Crippen LogP contribution in [0, 0.1) is 30.5 Å². The van der Waals surface area contributed by atoms with Crippen molar-refractivity contribution in [2.45, 2.75) is 39.0 Å². The van der Waals surface area contributed by atoms with Gasteiger partial charge in [-0.3, -0.25) is 9.59 Å². The molecule has 10 nitrogen and oxygen atoms in total. The molecule has 5 aromatic rings. The molecule has 1 aromatic heterocycles. The molecule has 0 amide bonds. The lowest BCUT2D eigenvalue weighted by molar-refractivity contribution is -0.135. The summed E-state index contributed by atoms with van der Waals surface area (Å²) in [5.74, 6) is 1.16. The van der Waals surface area contributed by atoms with Crippen LogP contribution < -0.4 is 24.8 Å². The molecule has 1 aliphatic heterocycles. The Kier molecular flexibility index (Phi) is 9.92. The molecule has 8 rings (SSSR count). The standard InChI is InChI=1S/C43H39F3N4O6/c1-24-12-33(55-38-5-3-2-4-35(38)44)10-11-36(24)50-43(47)34(20-48-50)42(53)28-16-26-18-37(39(19-27(26)17-28)54-23-40(45)46)49-21-29-13-25(14-30(29)22-49)15-41(52)56-32-8-6-31(51)7-9-32/h2-12,17-20,25,29-30,40,51H,13-16,21-23,47H2,1H3/t25?,29-,30?/m0/s1. The molecule has 56 heavy (non-hydrogen) atoms. The number of carbonyl (C=O) groups excluding carboxylic acids is 2. The molecule has 2 heterocycles. The average Bonchev–Trinajstić information content (AvgIpc) is 3.95. The second-order valence-corrected chi connectivity index (χ2v) is 14.7. The van der Waals surface area contributed by atoms with Gasteiger partial charge in [0.05, 0.1) is 23.1 Å². The second kappa shape index (κ2) is 15.1. The summed E-state index contributed by atoms with van der Waals surface area (Å²) in [5.41, 5.74) is 10.9. The van der Waals surface area contributed by atoms with Crippen LogP contribution in [0.1, 0.15) is 46.3 Å². The number of hydrogen-bond donors (Lipinski definition) is 2. The van der Waals surface area contributed by atoms with E-state index in [0.717, 1.165) is 24.0 Å². The third-order valence-corrected chi connectivity index (χ3v) is 10.8. The molecular formula is C43H39F3N4O6. The quantitative estimate of drug-likeness (QED) is 0.0732. The first-order valence-electron chi connectivity index (χ1n) is 18.4. The Morgan fingerprint density at radius 1 is 0.946 bits per heavy atom. The number of nitrogens with two attached hydrogens (primary N) is 1. The molecule has 288 valence electrons. The number of para-hydroxylation sites is 1. The fourth-order valence-corrected chi connectivity index (χ4v) is 8.21. The first kappa shape index (κ1) is 36.7. The number of hydrogen-bond acceptors (Lipinski definition) is 9. The number of esters is 1. The van der Waals surface area contributed by atoms with Crippen molar-refractivity contribution in [2.75, 3.05) is 30.3 Å². The van der Waals surface area contributed by atoms with Crippen LogP contribution in [0.2, 0.25) is 0 Å². The number of anilines is 2. The summed E-state index contributed by atoms with van der Waals surface area (Å²) in [6.07, 6.45) is 2.79. The minimum atomic E-state index is -2.66. The number of allylic oxidation sites excluding steroid dienone is 1. The van der Waals surface area contributed by atoms with Crippen LogP contribution in [0.5, 0.6) is 28.7 Å². The molecule has 1 saturated carbocycles. The SMILES string of the molecule is Cc1cc(Oc2ccccc2F)ccc1-n1ncc(C(=O)C2=Cc3cc(OCC(F)F)c(N4CC5CC(CC(=O)Oc6ccc(O)cc6)C[C@H]5C4)cc3C2)c1N. The van der Waals surface area contributed by atoms with Crippen LogP contribution in [0.3, 0.4) is 0 Å². The van der Waals surface area contributed by atoms with E-state index >= 15 is 0 Å². The van der Waals surface area contributed by atoms with Crippen LogP contribution in [0.4, 0.5) is 24.7 Å². The monoisotopic (exact) mass is 764 g/mol. The van der Waals surface area contributed by atoms with Crippen molar-refractivity contribution in [2.24, 2.45) is 17.8 Å². The van der Waals surface area contributed by atoms with Gasteiger partial charge in [0.1, 0.15) is 35.4 Å². The molecule has 4 aromatic carbocycles. The third kappa shape index (κ3) is 7.53. The van der Waals surface area contributed by atoms with E-state index in [1.807, 2.05) is 13.0 Å². The van der Waals surface area contributed by atoms with Gasteiger partial charge in [0, 0.05) is 31.5 Å². The number of aromatic hydroxyl groups is 1. The van der Waals surface area contributed by atoms with Crippen molar-refractivity contribution < 1.29 is 42.1 Å². The highest BCUT2D eigenvalue weighted by Crippen LogP contribution is 2.47. The number of nitrogens with zero attached hydrogens (tertiary/aromatic N) is 3. The first-order valence-corrected chi connectivity index (χ1v) is 18.4. The van der Waals surface area contributed by atoms with Gasteiger partial charge in [-0.2, -0.15) is 5.10 Å². The maximum atomic E-state index is 14.1. The number of carbonyl (C=O) groups is 2. The highest BCUT2D eigenvalue weighted by atomic mass is 19.3. The Hall–Kier alpha value is -6.24. The third-order valence-electron chi connectivity index (χ3n) is 10.8. The molecule has 2 unspecified atom stereocenters. The zero-order chi connectivity index (χ0) is 39.1. The van der Waals surface area contributed by atoms with Gasteiger partial charge in [0.25, 0.3) is 6.43 Å². The summed E-state index contributed by atoms with van der Waals surface area (Å²) in [6.45, 7) is 2.43. The maximum absolute atomic E-state index is 14.1. The Morgan fingerprint density at radius 3 is 2.39 bits per heavy atom. The molecule has 2 fully saturated rings. The summed E-state index contributed by atoms with van der Waals surface area (Å²) in [6, 6.07) is 20.9. The van der Waals surface area contributed by atoms with Gasteiger partial charge in [0.2, 0.25) is 0 Å². The summed E-state index contributed by atoms with van der Waals surface area (Å²) < 4.78 is 59.2. The minimum absolute atomic E-state index is 0.0922. The van der Waals surface area contributed by atoms with Crippen LogP contribution in [-0.4, -0.2) is 52.8 Å². The van der Waals surface area contributed by atoms with E-state index in [-0.39, 0.29) is 40.6 Å². The van der Waals surface area contributed by atoms with Crippen molar-refractivity contribution in [1.82, 2.24) is 9.78 Å². The predicted octanol–water partition coefficient (Wildman–Crippen LogP) is 8.32. The lowest BCUT2D eigenvalue weighted by atomic mass is 10.0. The van der Waals surface area contributed by atoms with Crippen molar-refractivity contribution >= 4 is 29.3 Å². The summed E-state index contributed by atoms with van der Waals surface area (Å²) >= 11 is 0. The Bertz CT molecular complexity index is 2330. The van der Waals surface area contributed by atoms with E-state index in [0.29, 0.717) is 77.5 Å². The van der Waals surface area contributed by atoms with Gasteiger partial charge in [-0.15, -0.1) is 0 Å². The molecule has 0 radical (unpaired) electrons. The molecule has 3 N–H and O–H groups in total. The lowest BCUT2D eigenvalue weighted by Crippen LogP contribution is -2.24. The van der Waals surface area contributed by atoms with E-state index in [1.165, 1.54) is 35.1 Å². The second-order valence-electron chi connectivity index (χ2n) is 14.7. The van der Waals surface area contributed by atoms with Gasteiger partial charge in [-0.05, 0) is 127 Å². The number of ketones is 1. The Balaban J connectivity index is 0.946. The van der Waals surface area contributed by atoms with E-state index in [9.17, 15) is 27.9 Å². The predicted molar refractivity (Wildman–Crippen MR) is 203 cm³/mol. The average molecular weight is 765 g/mol. The van der Waals surface area contributed by atoms with Gasteiger partial charge >= 0.3 is 5.97 Å². The largest absolute Gasteiger partial charge is 0.508 e. The number of phenolic OH excluding ortho intramolecular Hbond substituents is 1. The Labute approximate surface area is 320 Å². The minimum Gasteiger partial charge on any atom is -0.508 e. The Morgan fingerprint density at radius 2 is 1.68 bits per heavy atom. The van der Waals surface area contributed by atoms with E-state index in [1.54, 1.807) is 54.6 Å². The normalized spacial score (nSPS) is 18.5. The number of Topliss-reactive ketones (excluding diaryl/α,β-unsaturated/α-hetero) is 1. The number of nitrogen functional groups attached to an aromatic ring is 1. The van der Waals surface area contributed by atoms with Gasteiger partial charge in [-0.25, -0.2) is 17.9 Å². The fourth-order valence-electron chi connectivity index (χ4n) is 8.21. The topological polar surface area (TPSA) is 129 Å². The number of halogens is 3. The number of aryl methyl sites for hydroxylation is 1. The summed E-state index contributed by atoms with van der Waals surface area (Å²) in [5, 5.41) is 13.9. The van der Waals surface area contributed by atoms with E-state index in [2.05, 4.69) is 10.00 Å². The van der Waals surface area contributed by atoms with Crippen LogP contribution in [0.15, 0.2) is 90.6 Å². The lowest BCUT2D eigenvalue weighted by Gasteiger charge is -2.25. The molecular weight excluding hydrogens is 725 g/mol. The van der Waals surface area contributed by atoms with Crippen LogP contribution in [0.25, 0.3) is 11.8 Å². The first-order chi connectivity index (χ1) is 27.0.